The van der Waals surface area contributed by atoms with Gasteiger partial charge in [-0.05, 0) is 38.1 Å². The molecule has 1 amide bonds. The van der Waals surface area contributed by atoms with Crippen LogP contribution >= 0.6 is 0 Å². The highest BCUT2D eigenvalue weighted by atomic mass is 16.2. The second kappa shape index (κ2) is 6.24. The van der Waals surface area contributed by atoms with Gasteiger partial charge in [-0.3, -0.25) is 9.69 Å². The van der Waals surface area contributed by atoms with Crippen molar-refractivity contribution in [1.29, 1.82) is 0 Å². The van der Waals surface area contributed by atoms with Crippen LogP contribution in [0.25, 0.3) is 0 Å². The van der Waals surface area contributed by atoms with Crippen molar-refractivity contribution < 1.29 is 4.79 Å². The Hall–Kier alpha value is -0.570. The third-order valence-electron chi connectivity index (χ3n) is 3.50. The molecule has 1 fully saturated rings. The number of likely N-dealkylation sites (tertiary alicyclic amines) is 1. The van der Waals surface area contributed by atoms with Crippen LogP contribution in [0.15, 0.2) is 0 Å². The summed E-state index contributed by atoms with van der Waals surface area (Å²) in [5, 5.41) is 3.06. The number of piperidine rings is 1. The summed E-state index contributed by atoms with van der Waals surface area (Å²) in [7, 11) is 0. The fourth-order valence-corrected chi connectivity index (χ4v) is 2.10. The van der Waals surface area contributed by atoms with Crippen LogP contribution in [0.3, 0.4) is 0 Å². The van der Waals surface area contributed by atoms with Gasteiger partial charge in [0.05, 0.1) is 6.54 Å². The first kappa shape index (κ1) is 13.5. The Labute approximate surface area is 99.6 Å². The summed E-state index contributed by atoms with van der Waals surface area (Å²) < 4.78 is 0. The van der Waals surface area contributed by atoms with Crippen molar-refractivity contribution >= 4 is 5.91 Å². The van der Waals surface area contributed by atoms with Gasteiger partial charge in [-0.25, -0.2) is 0 Å². The molecule has 3 heteroatoms. The molecule has 2 unspecified atom stereocenters. The topological polar surface area (TPSA) is 32.3 Å². The number of amides is 1. The van der Waals surface area contributed by atoms with Crippen molar-refractivity contribution in [2.75, 3.05) is 19.6 Å². The summed E-state index contributed by atoms with van der Waals surface area (Å²) >= 11 is 0. The summed E-state index contributed by atoms with van der Waals surface area (Å²) in [5.74, 6) is 1.42. The highest BCUT2D eigenvalue weighted by molar-refractivity contribution is 5.78. The van der Waals surface area contributed by atoms with Crippen LogP contribution in [-0.2, 0) is 4.79 Å². The third-order valence-corrected chi connectivity index (χ3v) is 3.50. The van der Waals surface area contributed by atoms with Crippen molar-refractivity contribution in [3.05, 3.63) is 0 Å². The maximum atomic E-state index is 11.8. The maximum absolute atomic E-state index is 11.8. The molecule has 1 N–H and O–H groups in total. The van der Waals surface area contributed by atoms with Gasteiger partial charge in [-0.2, -0.15) is 0 Å². The van der Waals surface area contributed by atoms with Gasteiger partial charge < -0.3 is 5.32 Å². The normalized spacial score (nSPS) is 24.4. The van der Waals surface area contributed by atoms with Gasteiger partial charge in [-0.1, -0.05) is 20.8 Å². The van der Waals surface area contributed by atoms with Crippen LogP contribution in [0.2, 0.25) is 0 Å². The van der Waals surface area contributed by atoms with E-state index in [-0.39, 0.29) is 11.9 Å². The number of carbonyl (C=O) groups excluding carboxylic acids is 1. The smallest absolute Gasteiger partial charge is 0.234 e. The zero-order valence-electron chi connectivity index (χ0n) is 11.1. The van der Waals surface area contributed by atoms with Gasteiger partial charge >= 0.3 is 0 Å². The molecule has 94 valence electrons. The standard InChI is InChI=1S/C13H26N2O/c1-10(2)12(4)14-13(16)9-15-7-5-6-11(3)8-15/h10-12H,5-9H2,1-4H3,(H,14,16). The molecule has 1 saturated heterocycles. The van der Waals surface area contributed by atoms with Gasteiger partial charge in [0.15, 0.2) is 0 Å². The van der Waals surface area contributed by atoms with Crippen molar-refractivity contribution in [3.8, 4) is 0 Å². The van der Waals surface area contributed by atoms with E-state index in [0.717, 1.165) is 19.0 Å². The number of rotatable bonds is 4. The van der Waals surface area contributed by atoms with Crippen LogP contribution in [0.4, 0.5) is 0 Å². The molecule has 0 radical (unpaired) electrons. The van der Waals surface area contributed by atoms with E-state index in [4.69, 9.17) is 0 Å². The molecular formula is C13H26N2O. The lowest BCUT2D eigenvalue weighted by molar-refractivity contribution is -0.123. The lowest BCUT2D eigenvalue weighted by Gasteiger charge is -2.30. The Morgan fingerprint density at radius 3 is 2.69 bits per heavy atom. The average Bonchev–Trinajstić information content (AvgIpc) is 2.16. The molecule has 1 heterocycles. The maximum Gasteiger partial charge on any atom is 0.234 e. The fourth-order valence-electron chi connectivity index (χ4n) is 2.10. The molecule has 1 aliphatic heterocycles. The summed E-state index contributed by atoms with van der Waals surface area (Å²) in [6, 6.07) is 0.273. The first-order valence-corrected chi connectivity index (χ1v) is 6.50. The number of carbonyl (C=O) groups is 1. The molecular weight excluding hydrogens is 200 g/mol. The van der Waals surface area contributed by atoms with Crippen LogP contribution in [0, 0.1) is 11.8 Å². The molecule has 1 aliphatic rings. The molecule has 0 aromatic carbocycles. The van der Waals surface area contributed by atoms with Gasteiger partial charge in [0, 0.05) is 12.6 Å². The number of hydrogen-bond donors (Lipinski definition) is 1. The Bertz CT molecular complexity index is 228. The molecule has 16 heavy (non-hydrogen) atoms. The van der Waals surface area contributed by atoms with E-state index in [9.17, 15) is 4.79 Å². The summed E-state index contributed by atoms with van der Waals surface area (Å²) in [4.78, 5) is 14.1. The minimum Gasteiger partial charge on any atom is -0.352 e. The minimum absolute atomic E-state index is 0.176. The molecule has 0 aromatic rings. The number of hydrogen-bond acceptors (Lipinski definition) is 2. The Morgan fingerprint density at radius 2 is 2.12 bits per heavy atom. The van der Waals surface area contributed by atoms with Gasteiger partial charge in [-0.15, -0.1) is 0 Å². The number of nitrogens with one attached hydrogen (secondary N) is 1. The largest absolute Gasteiger partial charge is 0.352 e. The van der Waals surface area contributed by atoms with Crippen LogP contribution in [0.1, 0.15) is 40.5 Å². The molecule has 1 rings (SSSR count). The van der Waals surface area contributed by atoms with Gasteiger partial charge in [0.1, 0.15) is 0 Å². The molecule has 3 nitrogen and oxygen atoms in total. The number of nitrogens with zero attached hydrogens (tertiary/aromatic N) is 1. The zero-order chi connectivity index (χ0) is 12.1. The lowest BCUT2D eigenvalue weighted by Crippen LogP contribution is -2.45. The van der Waals surface area contributed by atoms with Gasteiger partial charge in [0.2, 0.25) is 5.91 Å². The summed E-state index contributed by atoms with van der Waals surface area (Å²) in [6.07, 6.45) is 2.54. The van der Waals surface area contributed by atoms with E-state index in [1.165, 1.54) is 12.8 Å². The van der Waals surface area contributed by atoms with E-state index in [2.05, 4.69) is 37.9 Å². The second-order valence-electron chi connectivity index (χ2n) is 5.58. The highest BCUT2D eigenvalue weighted by Gasteiger charge is 2.19. The zero-order valence-corrected chi connectivity index (χ0v) is 11.1. The molecule has 0 bridgehead atoms. The molecule has 0 aliphatic carbocycles. The molecule has 0 spiro atoms. The van der Waals surface area contributed by atoms with E-state index >= 15 is 0 Å². The summed E-state index contributed by atoms with van der Waals surface area (Å²) in [5.41, 5.74) is 0. The van der Waals surface area contributed by atoms with E-state index in [1.54, 1.807) is 0 Å². The van der Waals surface area contributed by atoms with E-state index in [1.807, 2.05) is 0 Å². The average molecular weight is 226 g/mol. The van der Waals surface area contributed by atoms with Crippen molar-refractivity contribution in [3.63, 3.8) is 0 Å². The van der Waals surface area contributed by atoms with Crippen LogP contribution < -0.4 is 5.32 Å². The predicted octanol–water partition coefficient (Wildman–Crippen LogP) is 1.88. The van der Waals surface area contributed by atoms with E-state index < -0.39 is 0 Å². The Morgan fingerprint density at radius 1 is 1.44 bits per heavy atom. The Kier molecular flexibility index (Phi) is 5.26. The Balaban J connectivity index is 2.28. The van der Waals surface area contributed by atoms with Crippen molar-refractivity contribution in [2.45, 2.75) is 46.6 Å². The van der Waals surface area contributed by atoms with Crippen molar-refractivity contribution in [1.82, 2.24) is 10.2 Å². The first-order valence-electron chi connectivity index (χ1n) is 6.50. The van der Waals surface area contributed by atoms with Crippen molar-refractivity contribution in [2.24, 2.45) is 11.8 Å². The quantitative estimate of drug-likeness (QED) is 0.794. The monoisotopic (exact) mass is 226 g/mol. The van der Waals surface area contributed by atoms with Gasteiger partial charge in [0.25, 0.3) is 0 Å². The summed E-state index contributed by atoms with van der Waals surface area (Å²) in [6.45, 7) is 11.3. The predicted molar refractivity (Wildman–Crippen MR) is 67.3 cm³/mol. The molecule has 0 aromatic heterocycles. The highest BCUT2D eigenvalue weighted by Crippen LogP contribution is 2.14. The minimum atomic E-state index is 0.176. The second-order valence-corrected chi connectivity index (χ2v) is 5.58. The third kappa shape index (κ3) is 4.52. The molecule has 0 saturated carbocycles. The van der Waals surface area contributed by atoms with Crippen LogP contribution in [-0.4, -0.2) is 36.5 Å². The SMILES string of the molecule is CC1CCCN(CC(=O)NC(C)C(C)C)C1. The lowest BCUT2D eigenvalue weighted by atomic mass is 10.0. The van der Waals surface area contributed by atoms with E-state index in [0.29, 0.717) is 12.5 Å². The fraction of sp³-hybridized carbons (Fsp3) is 0.923. The van der Waals surface area contributed by atoms with Crippen LogP contribution in [0.5, 0.6) is 0 Å². The first-order chi connectivity index (χ1) is 7.49. The molecule has 2 atom stereocenters.